The minimum Gasteiger partial charge on any atom is -0.356 e. The van der Waals surface area contributed by atoms with Crippen LogP contribution in [-0.2, 0) is 4.79 Å². The number of aromatic amines is 1. The maximum Gasteiger partial charge on any atom is 0.230 e. The Labute approximate surface area is 159 Å². The van der Waals surface area contributed by atoms with Gasteiger partial charge in [-0.1, -0.05) is 19.1 Å². The van der Waals surface area contributed by atoms with Crippen molar-refractivity contribution in [2.45, 2.75) is 33.6 Å². The highest BCUT2D eigenvalue weighted by Crippen LogP contribution is 2.36. The largest absolute Gasteiger partial charge is 0.356 e. The molecule has 140 valence electrons. The van der Waals surface area contributed by atoms with Crippen LogP contribution in [0.1, 0.15) is 30.9 Å². The zero-order chi connectivity index (χ0) is 19.0. The second-order valence-corrected chi connectivity index (χ2v) is 7.76. The number of fused-ring (bicyclic) bond motifs is 1. The molecule has 27 heavy (non-hydrogen) atoms. The van der Waals surface area contributed by atoms with Gasteiger partial charge < -0.3 is 15.2 Å². The second kappa shape index (κ2) is 6.68. The smallest absolute Gasteiger partial charge is 0.230 e. The Bertz CT molecular complexity index is 985. The highest BCUT2D eigenvalue weighted by atomic mass is 16.2. The molecule has 6 nitrogen and oxygen atoms in total. The first kappa shape index (κ1) is 17.5. The van der Waals surface area contributed by atoms with Crippen LogP contribution < -0.4 is 10.2 Å². The van der Waals surface area contributed by atoms with E-state index in [0.717, 1.165) is 59.6 Å². The maximum atomic E-state index is 12.9. The fourth-order valence-electron chi connectivity index (χ4n) is 3.78. The Kier molecular flexibility index (Phi) is 4.34. The summed E-state index contributed by atoms with van der Waals surface area (Å²) in [6.07, 6.45) is 5.15. The Balaban J connectivity index is 1.49. The molecule has 6 heteroatoms. The van der Waals surface area contributed by atoms with Gasteiger partial charge >= 0.3 is 0 Å². The van der Waals surface area contributed by atoms with Gasteiger partial charge in [-0.3, -0.25) is 4.79 Å². The molecule has 1 aliphatic rings. The summed E-state index contributed by atoms with van der Waals surface area (Å²) in [6, 6.07) is 7.94. The number of rotatable bonds is 3. The topological polar surface area (TPSA) is 73.9 Å². The van der Waals surface area contributed by atoms with Gasteiger partial charge in [-0.05, 0) is 49.9 Å². The quantitative estimate of drug-likeness (QED) is 0.742. The van der Waals surface area contributed by atoms with E-state index in [4.69, 9.17) is 0 Å². The molecule has 0 atom stereocenters. The molecule has 0 spiro atoms. The van der Waals surface area contributed by atoms with Crippen molar-refractivity contribution in [3.05, 3.63) is 47.9 Å². The summed E-state index contributed by atoms with van der Waals surface area (Å²) in [7, 11) is 0. The zero-order valence-corrected chi connectivity index (χ0v) is 16.0. The minimum atomic E-state index is -0.375. The molecule has 1 saturated heterocycles. The standard InChI is InChI=1S/C21H25N5O/c1-14-5-4-6-16(11-14)25-20(27)21(3)7-9-26(10-8-21)19-17-15(2)12-22-18(17)23-13-24-19/h4-6,11-13H,7-10H2,1-3H3,(H,25,27)(H,22,23,24). The van der Waals surface area contributed by atoms with Gasteiger partial charge in [0.05, 0.1) is 10.8 Å². The number of carbonyl (C=O) groups excluding carboxylic acids is 1. The van der Waals surface area contributed by atoms with Gasteiger partial charge in [0.25, 0.3) is 0 Å². The number of nitrogens with zero attached hydrogens (tertiary/aromatic N) is 3. The predicted molar refractivity (Wildman–Crippen MR) is 108 cm³/mol. The van der Waals surface area contributed by atoms with Crippen LogP contribution in [0.25, 0.3) is 11.0 Å². The van der Waals surface area contributed by atoms with Crippen LogP contribution in [-0.4, -0.2) is 33.9 Å². The average Bonchev–Trinajstić information content (AvgIpc) is 3.04. The number of anilines is 2. The third-order valence-corrected chi connectivity index (χ3v) is 5.64. The van der Waals surface area contributed by atoms with E-state index in [1.54, 1.807) is 6.33 Å². The molecule has 1 aliphatic heterocycles. The zero-order valence-electron chi connectivity index (χ0n) is 16.0. The normalized spacial score (nSPS) is 16.5. The lowest BCUT2D eigenvalue weighted by Crippen LogP contribution is -2.45. The molecule has 0 unspecified atom stereocenters. The summed E-state index contributed by atoms with van der Waals surface area (Å²) >= 11 is 0. The van der Waals surface area contributed by atoms with Crippen LogP contribution >= 0.6 is 0 Å². The summed E-state index contributed by atoms with van der Waals surface area (Å²) in [5.74, 6) is 1.05. The minimum absolute atomic E-state index is 0.0957. The van der Waals surface area contributed by atoms with Crippen molar-refractivity contribution in [3.63, 3.8) is 0 Å². The van der Waals surface area contributed by atoms with E-state index < -0.39 is 0 Å². The van der Waals surface area contributed by atoms with Crippen molar-refractivity contribution >= 4 is 28.4 Å². The molecule has 0 bridgehead atoms. The highest BCUT2D eigenvalue weighted by molar-refractivity contribution is 5.95. The number of piperidine rings is 1. The average molecular weight is 363 g/mol. The Morgan fingerprint density at radius 1 is 1.22 bits per heavy atom. The summed E-state index contributed by atoms with van der Waals surface area (Å²) in [4.78, 5) is 27.2. The van der Waals surface area contributed by atoms with Gasteiger partial charge in [0.1, 0.15) is 17.8 Å². The number of nitrogens with one attached hydrogen (secondary N) is 2. The van der Waals surface area contributed by atoms with Crippen LogP contribution in [0.5, 0.6) is 0 Å². The van der Waals surface area contributed by atoms with Gasteiger partial charge in [0.2, 0.25) is 5.91 Å². The summed E-state index contributed by atoms with van der Waals surface area (Å²) < 4.78 is 0. The van der Waals surface area contributed by atoms with Gasteiger partial charge in [-0.15, -0.1) is 0 Å². The number of aromatic nitrogens is 3. The number of aryl methyl sites for hydroxylation is 2. The third kappa shape index (κ3) is 3.27. The van der Waals surface area contributed by atoms with E-state index in [0.29, 0.717) is 0 Å². The first-order valence-corrected chi connectivity index (χ1v) is 9.38. The molecular weight excluding hydrogens is 338 g/mol. The molecule has 0 aliphatic carbocycles. The molecule has 4 rings (SSSR count). The van der Waals surface area contributed by atoms with Crippen LogP contribution in [0, 0.1) is 19.3 Å². The van der Waals surface area contributed by atoms with Gasteiger partial charge in [0.15, 0.2) is 0 Å². The van der Waals surface area contributed by atoms with Crippen LogP contribution in [0.4, 0.5) is 11.5 Å². The SMILES string of the molecule is Cc1cccc(NC(=O)C2(C)CCN(c3ncnc4[nH]cc(C)c34)CC2)c1. The highest BCUT2D eigenvalue weighted by Gasteiger charge is 2.37. The monoisotopic (exact) mass is 363 g/mol. The predicted octanol–water partition coefficient (Wildman–Crippen LogP) is 3.82. The number of hydrogen-bond acceptors (Lipinski definition) is 4. The number of amides is 1. The third-order valence-electron chi connectivity index (χ3n) is 5.64. The van der Waals surface area contributed by atoms with Crippen LogP contribution in [0.3, 0.4) is 0 Å². The molecular formula is C21H25N5O. The van der Waals surface area contributed by atoms with Crippen LogP contribution in [0.15, 0.2) is 36.8 Å². The van der Waals surface area contributed by atoms with Crippen molar-refractivity contribution in [3.8, 4) is 0 Å². The van der Waals surface area contributed by atoms with Crippen LogP contribution in [0.2, 0.25) is 0 Å². The van der Waals surface area contributed by atoms with E-state index in [1.807, 2.05) is 37.4 Å². The van der Waals surface area contributed by atoms with Crippen molar-refractivity contribution < 1.29 is 4.79 Å². The number of benzene rings is 1. The molecule has 0 saturated carbocycles. The lowest BCUT2D eigenvalue weighted by Gasteiger charge is -2.39. The number of carbonyl (C=O) groups is 1. The van der Waals surface area contributed by atoms with E-state index in [2.05, 4.69) is 39.0 Å². The van der Waals surface area contributed by atoms with Crippen molar-refractivity contribution in [1.29, 1.82) is 0 Å². The second-order valence-electron chi connectivity index (χ2n) is 7.76. The molecule has 0 radical (unpaired) electrons. The molecule has 2 N–H and O–H groups in total. The Morgan fingerprint density at radius 3 is 2.74 bits per heavy atom. The molecule has 1 aromatic carbocycles. The van der Waals surface area contributed by atoms with Crippen molar-refractivity contribution in [2.24, 2.45) is 5.41 Å². The molecule has 3 heterocycles. The van der Waals surface area contributed by atoms with Gasteiger partial charge in [-0.2, -0.15) is 0 Å². The number of H-pyrrole nitrogens is 1. The summed E-state index contributed by atoms with van der Waals surface area (Å²) in [6.45, 7) is 7.76. The van der Waals surface area contributed by atoms with E-state index in [9.17, 15) is 4.79 Å². The van der Waals surface area contributed by atoms with Crippen molar-refractivity contribution in [2.75, 3.05) is 23.3 Å². The summed E-state index contributed by atoms with van der Waals surface area (Å²) in [5.41, 5.74) is 3.64. The lowest BCUT2D eigenvalue weighted by atomic mass is 9.79. The molecule has 2 aromatic heterocycles. The van der Waals surface area contributed by atoms with Gasteiger partial charge in [0, 0.05) is 25.0 Å². The first-order valence-electron chi connectivity index (χ1n) is 9.38. The fraction of sp³-hybridized carbons (Fsp3) is 0.381. The Morgan fingerprint density at radius 2 is 2.00 bits per heavy atom. The van der Waals surface area contributed by atoms with Gasteiger partial charge in [-0.25, -0.2) is 9.97 Å². The maximum absolute atomic E-state index is 12.9. The van der Waals surface area contributed by atoms with E-state index in [-0.39, 0.29) is 11.3 Å². The first-order chi connectivity index (χ1) is 13.0. The molecule has 1 amide bonds. The number of hydrogen-bond donors (Lipinski definition) is 2. The fourth-order valence-corrected chi connectivity index (χ4v) is 3.78. The lowest BCUT2D eigenvalue weighted by molar-refractivity contribution is -0.125. The Hall–Kier alpha value is -2.89. The summed E-state index contributed by atoms with van der Waals surface area (Å²) in [5, 5.41) is 4.17. The molecule has 1 fully saturated rings. The van der Waals surface area contributed by atoms with Crippen molar-refractivity contribution in [1.82, 2.24) is 15.0 Å². The van der Waals surface area contributed by atoms with E-state index in [1.165, 1.54) is 0 Å². The molecule has 3 aromatic rings. The van der Waals surface area contributed by atoms with E-state index >= 15 is 0 Å².